The van der Waals surface area contributed by atoms with E-state index in [2.05, 4.69) is 13.8 Å². The molecule has 0 spiro atoms. The fraction of sp³-hybridized carbons (Fsp3) is 0.600. The molecule has 1 saturated carbocycles. The summed E-state index contributed by atoms with van der Waals surface area (Å²) >= 11 is 0. The van der Waals surface area contributed by atoms with Crippen LogP contribution in [0.2, 0.25) is 0 Å². The van der Waals surface area contributed by atoms with E-state index in [1.807, 2.05) is 18.2 Å². The minimum absolute atomic E-state index is 0.587. The maximum Gasteiger partial charge on any atom is 0.161 e. The second kappa shape index (κ2) is 4.16. The lowest BCUT2D eigenvalue weighted by Crippen LogP contribution is -2.43. The standard InChI is InChI=1S/C15H20O3/c1-10(2)11-8-15(16,9-11)12-3-4-13-14(7-12)18-6-5-17-13/h3-4,7,10-11,16H,5-6,8-9H2,1-2H3. The summed E-state index contributed by atoms with van der Waals surface area (Å²) in [5.74, 6) is 2.82. The van der Waals surface area contributed by atoms with Gasteiger partial charge in [-0.25, -0.2) is 0 Å². The second-order valence-corrected chi connectivity index (χ2v) is 5.80. The highest BCUT2D eigenvalue weighted by Gasteiger charge is 2.45. The quantitative estimate of drug-likeness (QED) is 0.874. The van der Waals surface area contributed by atoms with Crippen LogP contribution in [0.3, 0.4) is 0 Å². The van der Waals surface area contributed by atoms with Crippen molar-refractivity contribution in [1.82, 2.24) is 0 Å². The molecule has 0 bridgehead atoms. The number of hydrogen-bond donors (Lipinski definition) is 1. The van der Waals surface area contributed by atoms with E-state index in [0.29, 0.717) is 25.0 Å². The molecule has 3 heteroatoms. The highest BCUT2D eigenvalue weighted by molar-refractivity contribution is 5.46. The highest BCUT2D eigenvalue weighted by atomic mass is 16.6. The molecule has 3 nitrogen and oxygen atoms in total. The monoisotopic (exact) mass is 248 g/mol. The molecule has 0 radical (unpaired) electrons. The third-order valence-corrected chi connectivity index (χ3v) is 4.22. The predicted octanol–water partition coefficient (Wildman–Crippen LogP) is 2.71. The van der Waals surface area contributed by atoms with Crippen LogP contribution in [-0.4, -0.2) is 18.3 Å². The van der Waals surface area contributed by atoms with Crippen molar-refractivity contribution < 1.29 is 14.6 Å². The van der Waals surface area contributed by atoms with Crippen molar-refractivity contribution >= 4 is 0 Å². The Morgan fingerprint density at radius 3 is 2.50 bits per heavy atom. The average molecular weight is 248 g/mol. The van der Waals surface area contributed by atoms with Crippen LogP contribution in [-0.2, 0) is 5.60 Å². The van der Waals surface area contributed by atoms with Crippen LogP contribution in [0.4, 0.5) is 0 Å². The lowest BCUT2D eigenvalue weighted by molar-refractivity contribution is -0.0935. The van der Waals surface area contributed by atoms with Crippen LogP contribution in [0.1, 0.15) is 32.3 Å². The van der Waals surface area contributed by atoms with Gasteiger partial charge in [0, 0.05) is 0 Å². The van der Waals surface area contributed by atoms with Gasteiger partial charge in [0.15, 0.2) is 11.5 Å². The first-order valence-corrected chi connectivity index (χ1v) is 6.71. The highest BCUT2D eigenvalue weighted by Crippen LogP contribution is 2.50. The number of fused-ring (bicyclic) bond motifs is 1. The van der Waals surface area contributed by atoms with Crippen LogP contribution < -0.4 is 9.47 Å². The van der Waals surface area contributed by atoms with E-state index >= 15 is 0 Å². The summed E-state index contributed by atoms with van der Waals surface area (Å²) in [6.45, 7) is 5.62. The van der Waals surface area contributed by atoms with E-state index in [0.717, 1.165) is 29.9 Å². The Balaban J connectivity index is 1.81. The lowest BCUT2D eigenvalue weighted by Gasteiger charge is -2.46. The largest absolute Gasteiger partial charge is 0.486 e. The van der Waals surface area contributed by atoms with Crippen molar-refractivity contribution in [3.8, 4) is 11.5 Å². The molecule has 1 aliphatic heterocycles. The van der Waals surface area contributed by atoms with Gasteiger partial charge in [-0.05, 0) is 42.4 Å². The topological polar surface area (TPSA) is 38.7 Å². The third-order valence-electron chi connectivity index (χ3n) is 4.22. The molecule has 1 aromatic carbocycles. The third kappa shape index (κ3) is 1.87. The van der Waals surface area contributed by atoms with Crippen LogP contribution in [0.25, 0.3) is 0 Å². The van der Waals surface area contributed by atoms with E-state index in [1.54, 1.807) is 0 Å². The molecule has 0 amide bonds. The first-order chi connectivity index (χ1) is 8.58. The summed E-state index contributed by atoms with van der Waals surface area (Å²) in [7, 11) is 0. The zero-order chi connectivity index (χ0) is 12.8. The predicted molar refractivity (Wildman–Crippen MR) is 68.9 cm³/mol. The Morgan fingerprint density at radius 1 is 1.17 bits per heavy atom. The fourth-order valence-electron chi connectivity index (χ4n) is 2.85. The summed E-state index contributed by atoms with van der Waals surface area (Å²) in [6, 6.07) is 5.81. The minimum Gasteiger partial charge on any atom is -0.486 e. The number of rotatable bonds is 2. The van der Waals surface area contributed by atoms with Crippen LogP contribution in [0, 0.1) is 11.8 Å². The molecular formula is C15H20O3. The Kier molecular flexibility index (Phi) is 2.74. The lowest BCUT2D eigenvalue weighted by atomic mass is 9.63. The van der Waals surface area contributed by atoms with E-state index in [1.165, 1.54) is 0 Å². The number of hydrogen-bond acceptors (Lipinski definition) is 3. The normalized spacial score (nSPS) is 30.1. The summed E-state index contributed by atoms with van der Waals surface area (Å²) in [5, 5.41) is 10.6. The molecule has 1 N–H and O–H groups in total. The molecule has 1 heterocycles. The maximum absolute atomic E-state index is 10.6. The summed E-state index contributed by atoms with van der Waals surface area (Å²) in [6.07, 6.45) is 1.70. The van der Waals surface area contributed by atoms with Crippen LogP contribution in [0.5, 0.6) is 11.5 Å². The summed E-state index contributed by atoms with van der Waals surface area (Å²) in [5.41, 5.74) is 0.300. The molecule has 2 aliphatic rings. The molecule has 98 valence electrons. The summed E-state index contributed by atoms with van der Waals surface area (Å²) in [4.78, 5) is 0. The van der Waals surface area contributed by atoms with E-state index in [4.69, 9.17) is 9.47 Å². The van der Waals surface area contributed by atoms with Gasteiger partial charge >= 0.3 is 0 Å². The Bertz CT molecular complexity index is 447. The average Bonchev–Trinajstić information content (AvgIpc) is 2.34. The Hall–Kier alpha value is -1.22. The molecule has 1 aliphatic carbocycles. The van der Waals surface area contributed by atoms with Gasteiger partial charge in [0.2, 0.25) is 0 Å². The zero-order valence-corrected chi connectivity index (χ0v) is 11.0. The van der Waals surface area contributed by atoms with Gasteiger partial charge in [-0.3, -0.25) is 0 Å². The molecule has 0 unspecified atom stereocenters. The van der Waals surface area contributed by atoms with Gasteiger partial charge in [0.1, 0.15) is 13.2 Å². The molecule has 1 fully saturated rings. The Labute approximate surface area is 108 Å². The first-order valence-electron chi connectivity index (χ1n) is 6.71. The molecule has 0 atom stereocenters. The molecule has 3 rings (SSSR count). The maximum atomic E-state index is 10.6. The number of ether oxygens (including phenoxy) is 2. The van der Waals surface area contributed by atoms with E-state index < -0.39 is 5.60 Å². The van der Waals surface area contributed by atoms with Gasteiger partial charge in [-0.2, -0.15) is 0 Å². The van der Waals surface area contributed by atoms with Crippen molar-refractivity contribution in [2.45, 2.75) is 32.3 Å². The van der Waals surface area contributed by atoms with Crippen molar-refractivity contribution in [3.63, 3.8) is 0 Å². The first kappa shape index (κ1) is 11.8. The fourth-order valence-corrected chi connectivity index (χ4v) is 2.85. The van der Waals surface area contributed by atoms with Crippen molar-refractivity contribution in [3.05, 3.63) is 23.8 Å². The molecule has 0 aromatic heterocycles. The number of aliphatic hydroxyl groups is 1. The van der Waals surface area contributed by atoms with E-state index in [-0.39, 0.29) is 0 Å². The van der Waals surface area contributed by atoms with Crippen LogP contribution >= 0.6 is 0 Å². The van der Waals surface area contributed by atoms with Gasteiger partial charge < -0.3 is 14.6 Å². The van der Waals surface area contributed by atoms with Gasteiger partial charge in [-0.1, -0.05) is 19.9 Å². The van der Waals surface area contributed by atoms with Crippen molar-refractivity contribution in [2.24, 2.45) is 11.8 Å². The molecule has 0 saturated heterocycles. The van der Waals surface area contributed by atoms with Gasteiger partial charge in [0.05, 0.1) is 5.60 Å². The van der Waals surface area contributed by atoms with Gasteiger partial charge in [0.25, 0.3) is 0 Å². The minimum atomic E-state index is -0.662. The molecular weight excluding hydrogens is 228 g/mol. The van der Waals surface area contributed by atoms with Crippen LogP contribution in [0.15, 0.2) is 18.2 Å². The van der Waals surface area contributed by atoms with Crippen molar-refractivity contribution in [2.75, 3.05) is 13.2 Å². The number of benzene rings is 1. The van der Waals surface area contributed by atoms with E-state index in [9.17, 15) is 5.11 Å². The second-order valence-electron chi connectivity index (χ2n) is 5.80. The SMILES string of the molecule is CC(C)C1CC(O)(c2ccc3c(c2)OCCO3)C1. The smallest absolute Gasteiger partial charge is 0.161 e. The van der Waals surface area contributed by atoms with Crippen molar-refractivity contribution in [1.29, 1.82) is 0 Å². The molecule has 1 aromatic rings. The molecule has 18 heavy (non-hydrogen) atoms. The van der Waals surface area contributed by atoms with Gasteiger partial charge in [-0.15, -0.1) is 0 Å². The zero-order valence-electron chi connectivity index (χ0n) is 11.0. The Morgan fingerprint density at radius 2 is 1.83 bits per heavy atom. The summed E-state index contributed by atoms with van der Waals surface area (Å²) < 4.78 is 11.1.